The predicted octanol–water partition coefficient (Wildman–Crippen LogP) is 6.54. The third-order valence-electron chi connectivity index (χ3n) is 10.2. The maximum Gasteiger partial charge on any atom is 0.410 e. The average Bonchev–Trinajstić information content (AvgIpc) is 3.13. The van der Waals surface area contributed by atoms with Crippen molar-refractivity contribution in [2.45, 2.75) is 76.2 Å². The molecule has 1 saturated carbocycles. The molecule has 0 spiro atoms. The Morgan fingerprint density at radius 3 is 2.67 bits per heavy atom. The summed E-state index contributed by atoms with van der Waals surface area (Å²) < 4.78 is 25.8. The Bertz CT molecular complexity index is 1550. The van der Waals surface area contributed by atoms with E-state index in [2.05, 4.69) is 28.9 Å². The number of fused-ring (bicyclic) bond motifs is 2. The molecule has 6 unspecified atom stereocenters. The molecular formula is C39H52ClN3O8. The van der Waals surface area contributed by atoms with Crippen LogP contribution < -0.4 is 9.47 Å². The van der Waals surface area contributed by atoms with Crippen molar-refractivity contribution in [1.29, 1.82) is 0 Å². The van der Waals surface area contributed by atoms with E-state index in [-0.39, 0.29) is 56.5 Å². The first-order valence-electron chi connectivity index (χ1n) is 17.9. The number of rotatable bonds is 18. The second-order valence-electron chi connectivity index (χ2n) is 13.4. The summed E-state index contributed by atoms with van der Waals surface area (Å²) in [5.41, 5.74) is 4.39. The van der Waals surface area contributed by atoms with Crippen LogP contribution in [0.4, 0.5) is 4.79 Å². The van der Waals surface area contributed by atoms with E-state index in [1.807, 2.05) is 37.3 Å². The van der Waals surface area contributed by atoms with Gasteiger partial charge in [0.05, 0.1) is 29.8 Å². The minimum atomic E-state index is -1.35. The molecule has 0 radical (unpaired) electrons. The molecule has 1 aliphatic heterocycles. The number of benzene rings is 1. The number of aliphatic hydroxyl groups excluding tert-OH is 2. The molecule has 0 bridgehead atoms. The number of carbonyl (C=O) groups excluding carboxylic acids is 1. The molecule has 5 rings (SSSR count). The van der Waals surface area contributed by atoms with Gasteiger partial charge >= 0.3 is 6.09 Å². The first kappa shape index (κ1) is 38.6. The van der Waals surface area contributed by atoms with Crippen molar-refractivity contribution in [1.82, 2.24) is 9.88 Å². The van der Waals surface area contributed by atoms with E-state index in [9.17, 15) is 15.0 Å². The molecule has 3 aliphatic rings. The highest BCUT2D eigenvalue weighted by atomic mass is 35.5. The monoisotopic (exact) mass is 725 g/mol. The number of halogens is 1. The van der Waals surface area contributed by atoms with Gasteiger partial charge in [0.1, 0.15) is 37.9 Å². The Morgan fingerprint density at radius 1 is 1.18 bits per heavy atom. The normalized spacial score (nSPS) is 25.6. The van der Waals surface area contributed by atoms with Gasteiger partial charge in [0.15, 0.2) is 0 Å². The lowest BCUT2D eigenvalue weighted by Crippen LogP contribution is -2.69. The van der Waals surface area contributed by atoms with Crippen LogP contribution in [0.3, 0.4) is 0 Å². The Labute approximate surface area is 306 Å². The minimum Gasteiger partial charge on any atom is -0.487 e. The van der Waals surface area contributed by atoms with Crippen LogP contribution in [0.25, 0.3) is 0 Å². The molecule has 51 heavy (non-hydrogen) atoms. The molecule has 278 valence electrons. The number of aromatic nitrogens is 1. The van der Waals surface area contributed by atoms with E-state index in [1.165, 1.54) is 12.0 Å². The summed E-state index contributed by atoms with van der Waals surface area (Å²) in [4.78, 5) is 25.1. The highest BCUT2D eigenvalue weighted by Gasteiger charge is 2.65. The van der Waals surface area contributed by atoms with Gasteiger partial charge in [-0.1, -0.05) is 36.2 Å². The fourth-order valence-corrected chi connectivity index (χ4v) is 8.20. The van der Waals surface area contributed by atoms with E-state index in [0.717, 1.165) is 48.2 Å². The summed E-state index contributed by atoms with van der Waals surface area (Å²) in [6, 6.07) is 11.1. The molecule has 0 saturated heterocycles. The SMILES string of the molecule is C=CCOC12Oc3ccc(OCc4cccc(C)n4)cc3C3C(CCCCO)C(CCCCO)C=C(C(=NOC)CC1N(C)C(=O)OCCCl)C32. The zero-order chi connectivity index (χ0) is 36.4. The maximum absolute atomic E-state index is 13.5. The molecule has 1 amide bonds. The Morgan fingerprint density at radius 2 is 1.96 bits per heavy atom. The topological polar surface area (TPSA) is 132 Å². The predicted molar refractivity (Wildman–Crippen MR) is 195 cm³/mol. The second kappa shape index (κ2) is 18.2. The molecule has 2 heterocycles. The number of aryl methyl sites for hydroxylation is 1. The van der Waals surface area contributed by atoms with Crippen LogP contribution in [-0.2, 0) is 20.9 Å². The van der Waals surface area contributed by atoms with Gasteiger partial charge in [-0.15, -0.1) is 18.2 Å². The minimum absolute atomic E-state index is 0.0567. The number of nitrogens with zero attached hydrogens (tertiary/aromatic N) is 3. The van der Waals surface area contributed by atoms with E-state index in [1.54, 1.807) is 13.1 Å². The van der Waals surface area contributed by atoms with Crippen LogP contribution in [0.15, 0.2) is 65.9 Å². The fraction of sp³-hybridized carbons (Fsp3) is 0.564. The number of amides is 1. The van der Waals surface area contributed by atoms with Gasteiger partial charge < -0.3 is 38.9 Å². The van der Waals surface area contributed by atoms with Gasteiger partial charge in [0, 0.05) is 43.9 Å². The van der Waals surface area contributed by atoms with Crippen LogP contribution in [0.5, 0.6) is 11.5 Å². The summed E-state index contributed by atoms with van der Waals surface area (Å²) in [7, 11) is 3.20. The summed E-state index contributed by atoms with van der Waals surface area (Å²) in [5.74, 6) is -0.206. The fourth-order valence-electron chi connectivity index (χ4n) is 8.12. The van der Waals surface area contributed by atoms with Gasteiger partial charge in [-0.25, -0.2) is 4.79 Å². The number of pyridine rings is 1. The number of carbonyl (C=O) groups is 1. The van der Waals surface area contributed by atoms with Crippen molar-refractivity contribution in [3.8, 4) is 11.5 Å². The quantitative estimate of drug-likeness (QED) is 0.0761. The standard InChI is InChI=1S/C39H52ClN3O8/c1-5-20-50-39-35(43(3)38(46)48-21-17-40)24-33(42-47-4)31-22-27(12-6-8-18-44)30(14-7-9-19-45)36(37(31)39)32-23-29(15-16-34(32)51-39)49-25-28-13-10-11-26(2)41-28/h5,10-11,13,15-16,22-23,27,30,35-37,44-45H,1,6-9,12,14,17-21,24-25H2,2-4H3. The molecule has 11 nitrogen and oxygen atoms in total. The average molecular weight is 726 g/mol. The summed E-state index contributed by atoms with van der Waals surface area (Å²) in [5, 5.41) is 24.0. The molecular weight excluding hydrogens is 674 g/mol. The molecule has 6 atom stereocenters. The van der Waals surface area contributed by atoms with Crippen molar-refractivity contribution in [3.63, 3.8) is 0 Å². The summed E-state index contributed by atoms with van der Waals surface area (Å²) >= 11 is 5.89. The van der Waals surface area contributed by atoms with E-state index in [4.69, 9.17) is 35.4 Å². The number of aliphatic hydroxyl groups is 2. The molecule has 12 heteroatoms. The molecule has 1 fully saturated rings. The lowest BCUT2D eigenvalue weighted by Gasteiger charge is -2.59. The highest BCUT2D eigenvalue weighted by molar-refractivity contribution is 6.18. The molecule has 1 aromatic heterocycles. The molecule has 2 N–H and O–H groups in total. The Kier molecular flexibility index (Phi) is 13.8. The van der Waals surface area contributed by atoms with Crippen LogP contribution >= 0.6 is 11.6 Å². The van der Waals surface area contributed by atoms with Crippen molar-refractivity contribution in [2.24, 2.45) is 22.9 Å². The van der Waals surface area contributed by atoms with Crippen molar-refractivity contribution >= 4 is 23.4 Å². The number of likely N-dealkylation sites (N-methyl/N-ethyl adjacent to an activating group) is 1. The first-order chi connectivity index (χ1) is 24.8. The molecule has 1 aromatic carbocycles. The zero-order valence-electron chi connectivity index (χ0n) is 30.0. The van der Waals surface area contributed by atoms with Gasteiger partial charge in [-0.2, -0.15) is 0 Å². The van der Waals surface area contributed by atoms with E-state index >= 15 is 0 Å². The Balaban J connectivity index is 1.69. The summed E-state index contributed by atoms with van der Waals surface area (Å²) in [6.45, 7) is 6.66. The molecule has 2 aromatic rings. The number of hydrogen-bond acceptors (Lipinski definition) is 10. The largest absolute Gasteiger partial charge is 0.487 e. The number of hydrogen-bond donors (Lipinski definition) is 2. The lowest BCUT2D eigenvalue weighted by atomic mass is 9.55. The zero-order valence-corrected chi connectivity index (χ0v) is 30.7. The number of alkyl halides is 1. The number of oxime groups is 1. The smallest absolute Gasteiger partial charge is 0.410 e. The summed E-state index contributed by atoms with van der Waals surface area (Å²) in [6.07, 6.45) is 8.45. The van der Waals surface area contributed by atoms with Crippen molar-refractivity contribution in [3.05, 3.63) is 77.7 Å². The Hall–Kier alpha value is -3.64. The van der Waals surface area contributed by atoms with Crippen LogP contribution in [-0.4, -0.2) is 90.2 Å². The second-order valence-corrected chi connectivity index (χ2v) is 13.8. The molecule has 2 aliphatic carbocycles. The van der Waals surface area contributed by atoms with E-state index < -0.39 is 23.8 Å². The highest BCUT2D eigenvalue weighted by Crippen LogP contribution is 2.61. The number of allylic oxidation sites excluding steroid dienone is 1. The van der Waals surface area contributed by atoms with Crippen LogP contribution in [0.2, 0.25) is 0 Å². The van der Waals surface area contributed by atoms with Crippen molar-refractivity contribution < 1.29 is 38.8 Å². The van der Waals surface area contributed by atoms with Crippen LogP contribution in [0.1, 0.15) is 67.8 Å². The van der Waals surface area contributed by atoms with Gasteiger partial charge in [0.25, 0.3) is 0 Å². The maximum atomic E-state index is 13.5. The number of unbranched alkanes of at least 4 members (excludes halogenated alkanes) is 2. The first-order valence-corrected chi connectivity index (χ1v) is 18.5. The van der Waals surface area contributed by atoms with E-state index in [0.29, 0.717) is 36.7 Å². The third kappa shape index (κ3) is 8.54. The third-order valence-corrected chi connectivity index (χ3v) is 10.4. The van der Waals surface area contributed by atoms with Gasteiger partial charge in [-0.05, 0) is 80.3 Å². The van der Waals surface area contributed by atoms with Gasteiger partial charge in [0.2, 0.25) is 5.79 Å². The lowest BCUT2D eigenvalue weighted by molar-refractivity contribution is -0.253. The van der Waals surface area contributed by atoms with Crippen LogP contribution in [0, 0.1) is 24.7 Å². The number of ether oxygens (including phenoxy) is 4. The van der Waals surface area contributed by atoms with Gasteiger partial charge in [-0.3, -0.25) is 4.98 Å². The van der Waals surface area contributed by atoms with Crippen molar-refractivity contribution in [2.75, 3.05) is 46.5 Å².